The Kier molecular flexibility index (Phi) is 3.29. The monoisotopic (exact) mass is 191 g/mol. The van der Waals surface area contributed by atoms with E-state index in [1.165, 1.54) is 0 Å². The number of hydrogen-bond acceptors (Lipinski definition) is 3. The van der Waals surface area contributed by atoms with Crippen LogP contribution in [0.15, 0.2) is 35.0 Å². The minimum atomic E-state index is 0.243. The van der Waals surface area contributed by atoms with Crippen molar-refractivity contribution >= 4 is 11.8 Å². The summed E-state index contributed by atoms with van der Waals surface area (Å²) in [5, 5.41) is 20.7. The van der Waals surface area contributed by atoms with Gasteiger partial charge in [0.1, 0.15) is 5.75 Å². The number of phenolic OH excluding ortho intramolecular Hbond substituents is 1. The Balaban J connectivity index is 2.92. The van der Waals surface area contributed by atoms with Gasteiger partial charge in [-0.3, -0.25) is 0 Å². The van der Waals surface area contributed by atoms with Gasteiger partial charge in [-0.15, -0.1) is 0 Å². The molecule has 0 saturated carbocycles. The van der Waals surface area contributed by atoms with Crippen molar-refractivity contribution in [2.45, 2.75) is 13.8 Å². The molecule has 0 amide bonds. The predicted molar refractivity (Wildman–Crippen MR) is 56.7 cm³/mol. The zero-order chi connectivity index (χ0) is 10.6. The van der Waals surface area contributed by atoms with E-state index in [-0.39, 0.29) is 5.75 Å². The summed E-state index contributed by atoms with van der Waals surface area (Å²) in [7, 11) is 0. The maximum absolute atomic E-state index is 9.06. The van der Waals surface area contributed by atoms with Gasteiger partial charge in [-0.05, 0) is 37.1 Å². The van der Waals surface area contributed by atoms with Crippen LogP contribution in [0, 0.1) is 0 Å². The van der Waals surface area contributed by atoms with Crippen LogP contribution in [0.2, 0.25) is 0 Å². The Bertz CT molecular complexity index is 363. The van der Waals surface area contributed by atoms with Gasteiger partial charge in [0, 0.05) is 0 Å². The third-order valence-electron chi connectivity index (χ3n) is 2.00. The highest BCUT2D eigenvalue weighted by atomic mass is 16.4. The van der Waals surface area contributed by atoms with Crippen LogP contribution in [-0.2, 0) is 0 Å². The van der Waals surface area contributed by atoms with E-state index in [9.17, 15) is 0 Å². The number of nitrogens with zero attached hydrogens (tertiary/aromatic N) is 1. The van der Waals surface area contributed by atoms with Gasteiger partial charge in [-0.2, -0.15) is 0 Å². The first kappa shape index (κ1) is 10.3. The molecule has 0 aromatic heterocycles. The molecule has 0 fully saturated rings. The van der Waals surface area contributed by atoms with E-state index in [2.05, 4.69) is 5.16 Å². The molecule has 0 heterocycles. The molecule has 0 atom stereocenters. The smallest absolute Gasteiger partial charge is 0.115 e. The molecular formula is C11H13NO2. The highest BCUT2D eigenvalue weighted by Crippen LogP contribution is 2.13. The van der Waals surface area contributed by atoms with Crippen molar-refractivity contribution in [2.24, 2.45) is 5.16 Å². The lowest BCUT2D eigenvalue weighted by Crippen LogP contribution is -1.92. The first-order valence-corrected chi connectivity index (χ1v) is 4.30. The second-order valence-corrected chi connectivity index (χ2v) is 3.10. The molecule has 3 heteroatoms. The van der Waals surface area contributed by atoms with Crippen LogP contribution in [-0.4, -0.2) is 16.0 Å². The minimum Gasteiger partial charge on any atom is -0.508 e. The summed E-state index contributed by atoms with van der Waals surface area (Å²) >= 11 is 0. The van der Waals surface area contributed by atoms with E-state index < -0.39 is 0 Å². The average molecular weight is 191 g/mol. The van der Waals surface area contributed by atoms with Crippen molar-refractivity contribution in [3.63, 3.8) is 0 Å². The molecule has 3 nitrogen and oxygen atoms in total. The minimum absolute atomic E-state index is 0.243. The fourth-order valence-electron chi connectivity index (χ4n) is 1.00. The third-order valence-corrected chi connectivity index (χ3v) is 2.00. The van der Waals surface area contributed by atoms with E-state index in [0.29, 0.717) is 5.71 Å². The first-order chi connectivity index (χ1) is 6.63. The maximum atomic E-state index is 9.06. The lowest BCUT2D eigenvalue weighted by molar-refractivity contribution is 0.319. The molecule has 1 aromatic carbocycles. The molecule has 1 rings (SSSR count). The topological polar surface area (TPSA) is 52.8 Å². The molecule has 1 aromatic rings. The van der Waals surface area contributed by atoms with Crippen LogP contribution in [0.5, 0.6) is 5.75 Å². The highest BCUT2D eigenvalue weighted by Gasteiger charge is 1.95. The van der Waals surface area contributed by atoms with Crippen LogP contribution in [0.1, 0.15) is 19.4 Å². The fraction of sp³-hybridized carbons (Fsp3) is 0.182. The van der Waals surface area contributed by atoms with Gasteiger partial charge in [0.25, 0.3) is 0 Å². The molecule has 0 spiro atoms. The Morgan fingerprint density at radius 3 is 2.29 bits per heavy atom. The Morgan fingerprint density at radius 1 is 1.21 bits per heavy atom. The van der Waals surface area contributed by atoms with Crippen LogP contribution in [0.4, 0.5) is 0 Å². The lowest BCUT2D eigenvalue weighted by atomic mass is 10.1. The molecule has 0 bridgehead atoms. The van der Waals surface area contributed by atoms with Gasteiger partial charge in [0.05, 0.1) is 5.71 Å². The van der Waals surface area contributed by atoms with Gasteiger partial charge in [0.2, 0.25) is 0 Å². The predicted octanol–water partition coefficient (Wildman–Crippen LogP) is 2.65. The maximum Gasteiger partial charge on any atom is 0.115 e. The summed E-state index contributed by atoms with van der Waals surface area (Å²) in [6.07, 6.45) is 1.88. The van der Waals surface area contributed by atoms with Crippen molar-refractivity contribution in [2.75, 3.05) is 0 Å². The number of oxime groups is 1. The molecule has 74 valence electrons. The Labute approximate surface area is 83.0 Å². The van der Waals surface area contributed by atoms with E-state index in [1.54, 1.807) is 31.2 Å². The molecule has 14 heavy (non-hydrogen) atoms. The van der Waals surface area contributed by atoms with Crippen molar-refractivity contribution in [1.82, 2.24) is 0 Å². The average Bonchev–Trinajstić information content (AvgIpc) is 2.20. The summed E-state index contributed by atoms with van der Waals surface area (Å²) in [4.78, 5) is 0. The summed E-state index contributed by atoms with van der Waals surface area (Å²) in [6, 6.07) is 6.82. The standard InChI is InChI=1S/C11H13NO2/c1-8(9(2)12-14)7-10-3-5-11(13)6-4-10/h3-7,13-14H,1-2H3/b8-7-,12-9+. The second-order valence-electron chi connectivity index (χ2n) is 3.10. The van der Waals surface area contributed by atoms with Gasteiger partial charge in [0.15, 0.2) is 0 Å². The van der Waals surface area contributed by atoms with Crippen molar-refractivity contribution in [3.8, 4) is 5.75 Å². The molecule has 0 saturated heterocycles. The molecule has 0 unspecified atom stereocenters. The third kappa shape index (κ3) is 2.62. The normalized spacial score (nSPS) is 13.0. The molecular weight excluding hydrogens is 178 g/mol. The molecule has 0 aliphatic rings. The van der Waals surface area contributed by atoms with Crippen molar-refractivity contribution in [3.05, 3.63) is 35.4 Å². The van der Waals surface area contributed by atoms with Crippen LogP contribution in [0.3, 0.4) is 0 Å². The summed E-state index contributed by atoms with van der Waals surface area (Å²) in [6.45, 7) is 3.59. The van der Waals surface area contributed by atoms with E-state index in [0.717, 1.165) is 11.1 Å². The Hall–Kier alpha value is -1.77. The molecule has 0 aliphatic heterocycles. The van der Waals surface area contributed by atoms with Crippen LogP contribution < -0.4 is 0 Å². The van der Waals surface area contributed by atoms with Crippen molar-refractivity contribution in [1.29, 1.82) is 0 Å². The fourth-order valence-corrected chi connectivity index (χ4v) is 1.00. The molecule has 2 N–H and O–H groups in total. The van der Waals surface area contributed by atoms with E-state index in [4.69, 9.17) is 10.3 Å². The molecule has 0 radical (unpaired) electrons. The number of allylic oxidation sites excluding steroid dienone is 1. The van der Waals surface area contributed by atoms with E-state index >= 15 is 0 Å². The number of benzene rings is 1. The van der Waals surface area contributed by atoms with Gasteiger partial charge in [-0.1, -0.05) is 23.4 Å². The quantitative estimate of drug-likeness (QED) is 0.429. The second kappa shape index (κ2) is 4.46. The lowest BCUT2D eigenvalue weighted by Gasteiger charge is -1.98. The SMILES string of the molecule is CC(=C/c1ccc(O)cc1)/C(C)=N/O. The van der Waals surface area contributed by atoms with Gasteiger partial charge >= 0.3 is 0 Å². The number of hydrogen-bond donors (Lipinski definition) is 2. The van der Waals surface area contributed by atoms with Crippen LogP contribution >= 0.6 is 0 Å². The largest absolute Gasteiger partial charge is 0.508 e. The molecule has 0 aliphatic carbocycles. The Morgan fingerprint density at radius 2 is 1.79 bits per heavy atom. The number of phenols is 1. The number of aromatic hydroxyl groups is 1. The van der Waals surface area contributed by atoms with Gasteiger partial charge < -0.3 is 10.3 Å². The van der Waals surface area contributed by atoms with Gasteiger partial charge in [-0.25, -0.2) is 0 Å². The zero-order valence-corrected chi connectivity index (χ0v) is 8.23. The summed E-state index contributed by atoms with van der Waals surface area (Å²) in [5.74, 6) is 0.243. The van der Waals surface area contributed by atoms with E-state index in [1.807, 2.05) is 13.0 Å². The van der Waals surface area contributed by atoms with Crippen molar-refractivity contribution < 1.29 is 10.3 Å². The number of rotatable bonds is 2. The first-order valence-electron chi connectivity index (χ1n) is 4.30. The summed E-state index contributed by atoms with van der Waals surface area (Å²) < 4.78 is 0. The zero-order valence-electron chi connectivity index (χ0n) is 8.23. The summed E-state index contributed by atoms with van der Waals surface area (Å²) in [5.41, 5.74) is 2.43. The van der Waals surface area contributed by atoms with Crippen LogP contribution in [0.25, 0.3) is 6.08 Å². The highest BCUT2D eigenvalue weighted by molar-refractivity contribution is 6.01.